The van der Waals surface area contributed by atoms with Crippen molar-refractivity contribution in [2.75, 3.05) is 6.61 Å². The Kier molecular flexibility index (Phi) is 5.05. The summed E-state index contributed by atoms with van der Waals surface area (Å²) in [4.78, 5) is 11.7. The van der Waals surface area contributed by atoms with E-state index in [4.69, 9.17) is 10.5 Å². The second-order valence-electron chi connectivity index (χ2n) is 4.48. The van der Waals surface area contributed by atoms with Crippen molar-refractivity contribution in [2.45, 2.75) is 57.7 Å². The second-order valence-corrected chi connectivity index (χ2v) is 4.48. The van der Waals surface area contributed by atoms with E-state index in [1.165, 1.54) is 0 Å². The quantitative estimate of drug-likeness (QED) is 0.727. The summed E-state index contributed by atoms with van der Waals surface area (Å²) in [5.41, 5.74) is 5.66. The molecule has 4 heteroatoms. The molecule has 1 aliphatic heterocycles. The van der Waals surface area contributed by atoms with Crippen LogP contribution in [0.25, 0.3) is 0 Å². The minimum atomic E-state index is -0.241. The summed E-state index contributed by atoms with van der Waals surface area (Å²) in [7, 11) is 0. The lowest BCUT2D eigenvalue weighted by Gasteiger charge is -2.24. The predicted molar refractivity (Wildman–Crippen MR) is 59.5 cm³/mol. The number of hydrogen-bond donors (Lipinski definition) is 2. The first-order valence-corrected chi connectivity index (χ1v) is 5.77. The average molecular weight is 214 g/mol. The number of ether oxygens (including phenoxy) is 1. The maximum Gasteiger partial charge on any atom is 0.249 e. The van der Waals surface area contributed by atoms with E-state index in [1.807, 2.05) is 13.8 Å². The molecule has 0 aromatic heterocycles. The summed E-state index contributed by atoms with van der Waals surface area (Å²) in [5, 5.41) is 2.94. The van der Waals surface area contributed by atoms with Crippen LogP contribution in [0.1, 0.15) is 39.5 Å². The molecule has 1 aliphatic rings. The molecule has 1 amide bonds. The molecule has 15 heavy (non-hydrogen) atoms. The Balaban J connectivity index is 2.27. The summed E-state index contributed by atoms with van der Waals surface area (Å²) >= 11 is 0. The average Bonchev–Trinajstić information content (AvgIpc) is 2.17. The summed E-state index contributed by atoms with van der Waals surface area (Å²) in [6.07, 6.45) is 3.56. The van der Waals surface area contributed by atoms with Gasteiger partial charge in [-0.2, -0.15) is 0 Å². The van der Waals surface area contributed by atoms with Crippen LogP contribution in [0.15, 0.2) is 0 Å². The maximum absolute atomic E-state index is 11.7. The van der Waals surface area contributed by atoms with Crippen LogP contribution in [-0.2, 0) is 9.53 Å². The van der Waals surface area contributed by atoms with Crippen LogP contribution in [0.4, 0.5) is 0 Å². The normalized spacial score (nSPS) is 25.7. The molecule has 4 nitrogen and oxygen atoms in total. The fraction of sp³-hybridized carbons (Fsp3) is 0.909. The summed E-state index contributed by atoms with van der Waals surface area (Å²) < 4.78 is 5.40. The van der Waals surface area contributed by atoms with Gasteiger partial charge in [-0.05, 0) is 39.5 Å². The standard InChI is InChI=1S/C11H22N2O2/c1-8(12)7-9(2)13-11(14)10-5-3-4-6-15-10/h8-10H,3-7,12H2,1-2H3,(H,13,14). The van der Waals surface area contributed by atoms with E-state index in [9.17, 15) is 4.79 Å². The predicted octanol–water partition coefficient (Wildman–Crippen LogP) is 0.797. The monoisotopic (exact) mass is 214 g/mol. The summed E-state index contributed by atoms with van der Waals surface area (Å²) in [5.74, 6) is 0.0165. The highest BCUT2D eigenvalue weighted by Gasteiger charge is 2.22. The fourth-order valence-electron chi connectivity index (χ4n) is 1.90. The molecule has 0 aliphatic carbocycles. The minimum absolute atomic E-state index is 0.0165. The first kappa shape index (κ1) is 12.5. The van der Waals surface area contributed by atoms with Crippen molar-refractivity contribution in [1.82, 2.24) is 5.32 Å². The molecular weight excluding hydrogens is 192 g/mol. The highest BCUT2D eigenvalue weighted by Crippen LogP contribution is 2.12. The molecular formula is C11H22N2O2. The molecule has 88 valence electrons. The molecule has 0 radical (unpaired) electrons. The molecule has 1 saturated heterocycles. The third-order valence-electron chi connectivity index (χ3n) is 2.59. The van der Waals surface area contributed by atoms with Gasteiger partial charge in [-0.1, -0.05) is 0 Å². The Morgan fingerprint density at radius 1 is 1.53 bits per heavy atom. The molecule has 0 bridgehead atoms. The van der Waals surface area contributed by atoms with Gasteiger partial charge in [0.1, 0.15) is 6.10 Å². The maximum atomic E-state index is 11.7. The highest BCUT2D eigenvalue weighted by molar-refractivity contribution is 5.81. The van der Waals surface area contributed by atoms with Gasteiger partial charge < -0.3 is 15.8 Å². The number of amides is 1. The SMILES string of the molecule is CC(N)CC(C)NC(=O)C1CCCCO1. The number of rotatable bonds is 4. The van der Waals surface area contributed by atoms with E-state index in [0.29, 0.717) is 6.61 Å². The molecule has 0 spiro atoms. The third-order valence-corrected chi connectivity index (χ3v) is 2.59. The zero-order valence-electron chi connectivity index (χ0n) is 9.66. The largest absolute Gasteiger partial charge is 0.368 e. The lowest BCUT2D eigenvalue weighted by Crippen LogP contribution is -2.44. The Morgan fingerprint density at radius 3 is 2.80 bits per heavy atom. The van der Waals surface area contributed by atoms with Crippen LogP contribution >= 0.6 is 0 Å². The van der Waals surface area contributed by atoms with Crippen molar-refractivity contribution in [3.8, 4) is 0 Å². The van der Waals surface area contributed by atoms with Gasteiger partial charge in [0.15, 0.2) is 0 Å². The van der Waals surface area contributed by atoms with Crippen LogP contribution in [0, 0.1) is 0 Å². The van der Waals surface area contributed by atoms with E-state index in [2.05, 4.69) is 5.32 Å². The molecule has 0 saturated carbocycles. The van der Waals surface area contributed by atoms with Crippen LogP contribution in [0.3, 0.4) is 0 Å². The van der Waals surface area contributed by atoms with Crippen LogP contribution in [0.2, 0.25) is 0 Å². The lowest BCUT2D eigenvalue weighted by molar-refractivity contribution is -0.136. The highest BCUT2D eigenvalue weighted by atomic mass is 16.5. The Hall–Kier alpha value is -0.610. The smallest absolute Gasteiger partial charge is 0.249 e. The number of carbonyl (C=O) groups excluding carboxylic acids is 1. The molecule has 0 aromatic rings. The van der Waals surface area contributed by atoms with Crippen molar-refractivity contribution >= 4 is 5.91 Å². The third kappa shape index (κ3) is 4.62. The molecule has 3 unspecified atom stereocenters. The van der Waals surface area contributed by atoms with E-state index >= 15 is 0 Å². The van der Waals surface area contributed by atoms with Crippen LogP contribution in [-0.4, -0.2) is 30.7 Å². The number of carbonyl (C=O) groups is 1. The first-order valence-electron chi connectivity index (χ1n) is 5.77. The van der Waals surface area contributed by atoms with Gasteiger partial charge in [0.2, 0.25) is 5.91 Å². The topological polar surface area (TPSA) is 64.3 Å². The van der Waals surface area contributed by atoms with Crippen LogP contribution in [0.5, 0.6) is 0 Å². The summed E-state index contributed by atoms with van der Waals surface area (Å²) in [6, 6.07) is 0.246. The Morgan fingerprint density at radius 2 is 2.27 bits per heavy atom. The minimum Gasteiger partial charge on any atom is -0.368 e. The Bertz CT molecular complexity index is 201. The zero-order valence-corrected chi connectivity index (χ0v) is 9.66. The van der Waals surface area contributed by atoms with E-state index in [0.717, 1.165) is 25.7 Å². The molecule has 1 heterocycles. The first-order chi connectivity index (χ1) is 7.09. The molecule has 3 N–H and O–H groups in total. The van der Waals surface area contributed by atoms with Gasteiger partial charge in [0, 0.05) is 18.7 Å². The van der Waals surface area contributed by atoms with Gasteiger partial charge in [0.25, 0.3) is 0 Å². The molecule has 1 fully saturated rings. The van der Waals surface area contributed by atoms with Crippen molar-refractivity contribution in [3.05, 3.63) is 0 Å². The lowest BCUT2D eigenvalue weighted by atomic mass is 10.1. The molecule has 1 rings (SSSR count). The van der Waals surface area contributed by atoms with Gasteiger partial charge in [-0.25, -0.2) is 0 Å². The van der Waals surface area contributed by atoms with Crippen LogP contribution < -0.4 is 11.1 Å². The van der Waals surface area contributed by atoms with Crippen molar-refractivity contribution < 1.29 is 9.53 Å². The van der Waals surface area contributed by atoms with Gasteiger partial charge >= 0.3 is 0 Å². The van der Waals surface area contributed by atoms with Gasteiger partial charge in [-0.15, -0.1) is 0 Å². The van der Waals surface area contributed by atoms with E-state index < -0.39 is 0 Å². The number of nitrogens with one attached hydrogen (secondary N) is 1. The molecule has 3 atom stereocenters. The molecule has 0 aromatic carbocycles. The van der Waals surface area contributed by atoms with Gasteiger partial charge in [0.05, 0.1) is 0 Å². The zero-order chi connectivity index (χ0) is 11.3. The van der Waals surface area contributed by atoms with Crippen molar-refractivity contribution in [3.63, 3.8) is 0 Å². The number of hydrogen-bond acceptors (Lipinski definition) is 3. The second kappa shape index (κ2) is 6.08. The number of nitrogens with two attached hydrogens (primary N) is 1. The van der Waals surface area contributed by atoms with E-state index in [1.54, 1.807) is 0 Å². The Labute approximate surface area is 91.5 Å². The van der Waals surface area contributed by atoms with Gasteiger partial charge in [-0.3, -0.25) is 4.79 Å². The fourth-order valence-corrected chi connectivity index (χ4v) is 1.90. The van der Waals surface area contributed by atoms with Crippen molar-refractivity contribution in [1.29, 1.82) is 0 Å². The van der Waals surface area contributed by atoms with Crippen molar-refractivity contribution in [2.24, 2.45) is 5.73 Å². The van der Waals surface area contributed by atoms with E-state index in [-0.39, 0.29) is 24.1 Å². The summed E-state index contributed by atoms with van der Waals surface area (Å²) in [6.45, 7) is 4.63.